The molecular formula is C22H25N3O3S2. The van der Waals surface area contributed by atoms with E-state index in [1.165, 1.54) is 22.2 Å². The predicted octanol–water partition coefficient (Wildman–Crippen LogP) is 3.89. The van der Waals surface area contributed by atoms with Gasteiger partial charge in [-0.05, 0) is 42.9 Å². The number of benzene rings is 1. The lowest BCUT2D eigenvalue weighted by molar-refractivity contribution is -0.113. The number of nitrogens with zero attached hydrogens (tertiary/aromatic N) is 2. The highest BCUT2D eigenvalue weighted by atomic mass is 32.2. The number of thiophene rings is 1. The van der Waals surface area contributed by atoms with Crippen molar-refractivity contribution in [3.8, 4) is 0 Å². The van der Waals surface area contributed by atoms with Crippen LogP contribution in [0, 0.1) is 0 Å². The lowest BCUT2D eigenvalue weighted by Gasteiger charge is -2.13. The minimum absolute atomic E-state index is 0.0179. The zero-order valence-corrected chi connectivity index (χ0v) is 18.8. The van der Waals surface area contributed by atoms with Gasteiger partial charge in [0.25, 0.3) is 5.56 Å². The van der Waals surface area contributed by atoms with Gasteiger partial charge >= 0.3 is 0 Å². The Hall–Kier alpha value is -2.16. The average Bonchev–Trinajstić information content (AvgIpc) is 3.33. The summed E-state index contributed by atoms with van der Waals surface area (Å²) < 4.78 is 6.86. The van der Waals surface area contributed by atoms with E-state index in [4.69, 9.17) is 9.72 Å². The number of carbonyl (C=O) groups is 1. The molecule has 0 atom stereocenters. The number of thioether (sulfide) groups is 1. The number of hydrogen-bond donors (Lipinski definition) is 1. The lowest BCUT2D eigenvalue weighted by Crippen LogP contribution is -2.26. The fourth-order valence-corrected chi connectivity index (χ4v) is 5.94. The van der Waals surface area contributed by atoms with Crippen LogP contribution in [0.3, 0.4) is 0 Å². The molecule has 0 radical (unpaired) electrons. The number of anilines is 1. The van der Waals surface area contributed by atoms with Gasteiger partial charge in [0.1, 0.15) is 4.83 Å². The van der Waals surface area contributed by atoms with Crippen LogP contribution in [0.2, 0.25) is 0 Å². The maximum atomic E-state index is 13.3. The van der Waals surface area contributed by atoms with Crippen LogP contribution in [0.15, 0.2) is 34.2 Å². The van der Waals surface area contributed by atoms with Crippen molar-refractivity contribution in [3.63, 3.8) is 0 Å². The van der Waals surface area contributed by atoms with Crippen molar-refractivity contribution in [1.82, 2.24) is 9.55 Å². The number of amides is 1. The number of aromatic nitrogens is 2. The van der Waals surface area contributed by atoms with Crippen molar-refractivity contribution in [2.45, 2.75) is 44.3 Å². The van der Waals surface area contributed by atoms with Crippen LogP contribution in [0.1, 0.15) is 29.3 Å². The van der Waals surface area contributed by atoms with Gasteiger partial charge in [-0.25, -0.2) is 4.98 Å². The van der Waals surface area contributed by atoms with E-state index in [2.05, 4.69) is 12.2 Å². The molecule has 30 heavy (non-hydrogen) atoms. The molecule has 0 saturated carbocycles. The minimum Gasteiger partial charge on any atom is -0.383 e. The van der Waals surface area contributed by atoms with Crippen molar-refractivity contribution >= 4 is 44.9 Å². The zero-order chi connectivity index (χ0) is 21.1. The number of hydrogen-bond acceptors (Lipinski definition) is 6. The molecule has 2 heterocycles. The molecule has 3 aromatic rings. The molecule has 0 bridgehead atoms. The van der Waals surface area contributed by atoms with Gasteiger partial charge in [0.05, 0.1) is 24.3 Å². The second kappa shape index (κ2) is 9.32. The third kappa shape index (κ3) is 4.17. The van der Waals surface area contributed by atoms with Crippen LogP contribution in [-0.4, -0.2) is 34.9 Å². The molecule has 0 spiro atoms. The monoisotopic (exact) mass is 443 g/mol. The minimum atomic E-state index is -0.109. The first kappa shape index (κ1) is 21.1. The summed E-state index contributed by atoms with van der Waals surface area (Å²) >= 11 is 2.92. The first-order valence-electron chi connectivity index (χ1n) is 10.2. The summed E-state index contributed by atoms with van der Waals surface area (Å²) in [6.07, 6.45) is 3.92. The maximum absolute atomic E-state index is 13.3. The van der Waals surface area contributed by atoms with Crippen LogP contribution in [0.5, 0.6) is 0 Å². The molecule has 158 valence electrons. The number of aryl methyl sites for hydroxylation is 3. The van der Waals surface area contributed by atoms with Gasteiger partial charge < -0.3 is 10.1 Å². The molecular weight excluding hydrogens is 418 g/mol. The fourth-order valence-electron chi connectivity index (χ4n) is 3.82. The smallest absolute Gasteiger partial charge is 0.263 e. The molecule has 4 rings (SSSR count). The highest BCUT2D eigenvalue weighted by Gasteiger charge is 2.23. The van der Waals surface area contributed by atoms with Gasteiger partial charge in [-0.1, -0.05) is 36.9 Å². The summed E-state index contributed by atoms with van der Waals surface area (Å²) in [6, 6.07) is 7.80. The van der Waals surface area contributed by atoms with Crippen LogP contribution in [-0.2, 0) is 35.3 Å². The molecule has 0 aliphatic heterocycles. The molecule has 0 unspecified atom stereocenters. The topological polar surface area (TPSA) is 73.2 Å². The van der Waals surface area contributed by atoms with E-state index in [0.717, 1.165) is 47.2 Å². The molecule has 2 aromatic heterocycles. The molecule has 8 heteroatoms. The summed E-state index contributed by atoms with van der Waals surface area (Å²) in [5.41, 5.74) is 3.08. The Balaban J connectivity index is 1.58. The summed E-state index contributed by atoms with van der Waals surface area (Å²) in [5.74, 6) is 0.0795. The standard InChI is InChI=1S/C22H25N3O3S2/c1-3-14-7-4-5-9-16(14)23-18(26)13-29-22-24-20-19(15-8-6-10-17(15)30-20)21(27)25(22)11-12-28-2/h4-5,7,9H,3,6,8,10-13H2,1-2H3,(H,23,26). The summed E-state index contributed by atoms with van der Waals surface area (Å²) in [4.78, 5) is 32.7. The third-order valence-electron chi connectivity index (χ3n) is 5.31. The molecule has 1 aromatic carbocycles. The summed E-state index contributed by atoms with van der Waals surface area (Å²) in [7, 11) is 1.62. The fraction of sp³-hybridized carbons (Fsp3) is 0.409. The van der Waals surface area contributed by atoms with Crippen molar-refractivity contribution in [3.05, 3.63) is 50.6 Å². The Morgan fingerprint density at radius 3 is 2.97 bits per heavy atom. The first-order valence-corrected chi connectivity index (χ1v) is 12.0. The quantitative estimate of drug-likeness (QED) is 0.422. The van der Waals surface area contributed by atoms with Gasteiger partial charge in [0.2, 0.25) is 5.91 Å². The third-order valence-corrected chi connectivity index (χ3v) is 7.48. The SMILES string of the molecule is CCc1ccccc1NC(=O)CSc1nc2sc3c(c2c(=O)n1CCOC)CCC3. The number of carbonyl (C=O) groups excluding carboxylic acids is 1. The van der Waals surface area contributed by atoms with Crippen molar-refractivity contribution in [2.24, 2.45) is 0 Å². The second-order valence-electron chi connectivity index (χ2n) is 7.23. The first-order chi connectivity index (χ1) is 14.6. The van der Waals surface area contributed by atoms with E-state index in [9.17, 15) is 9.59 Å². The highest BCUT2D eigenvalue weighted by molar-refractivity contribution is 7.99. The lowest BCUT2D eigenvalue weighted by atomic mass is 10.1. The zero-order valence-electron chi connectivity index (χ0n) is 17.2. The Morgan fingerprint density at radius 2 is 2.17 bits per heavy atom. The van der Waals surface area contributed by atoms with Gasteiger partial charge in [-0.2, -0.15) is 0 Å². The maximum Gasteiger partial charge on any atom is 0.263 e. The van der Waals surface area contributed by atoms with Gasteiger partial charge in [-0.3, -0.25) is 14.2 Å². The predicted molar refractivity (Wildman–Crippen MR) is 123 cm³/mol. The molecule has 6 nitrogen and oxygen atoms in total. The van der Waals surface area contributed by atoms with Crippen LogP contribution in [0.25, 0.3) is 10.2 Å². The van der Waals surface area contributed by atoms with E-state index in [1.54, 1.807) is 23.0 Å². The normalized spacial score (nSPS) is 13.0. The van der Waals surface area contributed by atoms with E-state index in [1.807, 2.05) is 24.3 Å². The molecule has 0 saturated heterocycles. The van der Waals surface area contributed by atoms with Crippen LogP contribution < -0.4 is 10.9 Å². The van der Waals surface area contributed by atoms with E-state index < -0.39 is 0 Å². The molecule has 1 N–H and O–H groups in total. The van der Waals surface area contributed by atoms with E-state index >= 15 is 0 Å². The second-order valence-corrected chi connectivity index (χ2v) is 9.26. The Labute approximate surface area is 183 Å². The number of rotatable bonds is 8. The van der Waals surface area contributed by atoms with Gasteiger partial charge in [-0.15, -0.1) is 11.3 Å². The number of fused-ring (bicyclic) bond motifs is 3. The number of para-hydroxylation sites is 1. The molecule has 1 aliphatic carbocycles. The van der Waals surface area contributed by atoms with Crippen molar-refractivity contribution in [2.75, 3.05) is 24.8 Å². The number of ether oxygens (including phenoxy) is 1. The Morgan fingerprint density at radius 1 is 1.33 bits per heavy atom. The Kier molecular flexibility index (Phi) is 6.55. The van der Waals surface area contributed by atoms with Gasteiger partial charge in [0.15, 0.2) is 5.16 Å². The highest BCUT2D eigenvalue weighted by Crippen LogP contribution is 2.35. The Bertz CT molecular complexity index is 1140. The van der Waals surface area contributed by atoms with E-state index in [-0.39, 0.29) is 17.2 Å². The largest absolute Gasteiger partial charge is 0.383 e. The average molecular weight is 444 g/mol. The van der Waals surface area contributed by atoms with Crippen LogP contribution in [0.4, 0.5) is 5.69 Å². The molecule has 1 aliphatic rings. The number of methoxy groups -OCH3 is 1. The van der Waals surface area contributed by atoms with Crippen LogP contribution >= 0.6 is 23.1 Å². The molecule has 1 amide bonds. The number of nitrogens with one attached hydrogen (secondary N) is 1. The summed E-state index contributed by atoms with van der Waals surface area (Å²) in [6.45, 7) is 2.90. The van der Waals surface area contributed by atoms with Gasteiger partial charge in [0, 0.05) is 17.7 Å². The molecule has 0 fully saturated rings. The summed E-state index contributed by atoms with van der Waals surface area (Å²) in [5, 5.41) is 4.31. The van der Waals surface area contributed by atoms with E-state index in [0.29, 0.717) is 18.3 Å². The van der Waals surface area contributed by atoms with Crippen molar-refractivity contribution in [1.29, 1.82) is 0 Å². The van der Waals surface area contributed by atoms with Crippen molar-refractivity contribution < 1.29 is 9.53 Å².